The minimum atomic E-state index is 0.643. The summed E-state index contributed by atoms with van der Waals surface area (Å²) >= 11 is 0. The van der Waals surface area contributed by atoms with E-state index in [-0.39, 0.29) is 0 Å². The third-order valence-corrected chi connectivity index (χ3v) is 2.75. The monoisotopic (exact) mass is 172 g/mol. The number of likely N-dealkylation sites (N-methyl/N-ethyl adjacent to an activating group) is 2. The Bertz CT molecular complexity index is 100. The Hall–Kier alpha value is -0.0800. The van der Waals surface area contributed by atoms with Gasteiger partial charge >= 0.3 is 0 Å². The van der Waals surface area contributed by atoms with Crippen molar-refractivity contribution in [3.8, 4) is 0 Å². The number of nitrogens with one attached hydrogen (secondary N) is 1. The van der Waals surface area contributed by atoms with Crippen LogP contribution in [0.4, 0.5) is 0 Å². The molecule has 0 saturated carbocycles. The Morgan fingerprint density at radius 2 is 1.83 bits per heavy atom. The van der Waals surface area contributed by atoms with E-state index in [9.17, 15) is 0 Å². The van der Waals surface area contributed by atoms with Crippen LogP contribution in [0.3, 0.4) is 0 Å². The molecule has 2 atom stereocenters. The third kappa shape index (κ3) is 4.07. The average molecular weight is 172 g/mol. The van der Waals surface area contributed by atoms with Crippen LogP contribution in [0.25, 0.3) is 0 Å². The maximum atomic E-state index is 3.32. The maximum Gasteiger partial charge on any atom is 0.0189 e. The standard InChI is InChI=1S/C10H24N2/c1-6-9(3)12(5)8-10(7-2)11-4/h9-11H,6-8H2,1-5H3. The zero-order valence-corrected chi connectivity index (χ0v) is 9.22. The predicted octanol–water partition coefficient (Wildman–Crippen LogP) is 1.71. The fourth-order valence-corrected chi connectivity index (χ4v) is 1.26. The second-order valence-corrected chi connectivity index (χ2v) is 3.59. The fraction of sp³-hybridized carbons (Fsp3) is 1.00. The highest BCUT2D eigenvalue weighted by molar-refractivity contribution is 4.70. The van der Waals surface area contributed by atoms with E-state index < -0.39 is 0 Å². The van der Waals surface area contributed by atoms with E-state index in [0.29, 0.717) is 12.1 Å². The molecule has 0 aromatic rings. The summed E-state index contributed by atoms with van der Waals surface area (Å²) in [5.41, 5.74) is 0. The zero-order valence-electron chi connectivity index (χ0n) is 9.22. The van der Waals surface area contributed by atoms with Crippen LogP contribution in [0.15, 0.2) is 0 Å². The van der Waals surface area contributed by atoms with E-state index in [1.54, 1.807) is 0 Å². The molecule has 0 aliphatic carbocycles. The number of rotatable bonds is 6. The molecule has 0 aromatic carbocycles. The molecule has 2 nitrogen and oxygen atoms in total. The molecular formula is C10H24N2. The van der Waals surface area contributed by atoms with E-state index in [4.69, 9.17) is 0 Å². The summed E-state index contributed by atoms with van der Waals surface area (Å²) in [6.07, 6.45) is 2.44. The van der Waals surface area contributed by atoms with Crippen molar-refractivity contribution >= 4 is 0 Å². The van der Waals surface area contributed by atoms with Gasteiger partial charge in [0.05, 0.1) is 0 Å². The first-order valence-electron chi connectivity index (χ1n) is 5.03. The summed E-state index contributed by atoms with van der Waals surface area (Å²) in [5, 5.41) is 3.32. The van der Waals surface area contributed by atoms with Crippen LogP contribution in [0, 0.1) is 0 Å². The minimum Gasteiger partial charge on any atom is -0.316 e. The Labute approximate surface area is 77.3 Å². The highest BCUT2D eigenvalue weighted by Crippen LogP contribution is 2.02. The molecule has 0 heterocycles. The first-order chi connectivity index (χ1) is 5.65. The van der Waals surface area contributed by atoms with Crippen LogP contribution >= 0.6 is 0 Å². The van der Waals surface area contributed by atoms with Gasteiger partial charge in [0, 0.05) is 18.6 Å². The van der Waals surface area contributed by atoms with E-state index in [1.807, 2.05) is 7.05 Å². The van der Waals surface area contributed by atoms with Gasteiger partial charge in [-0.15, -0.1) is 0 Å². The lowest BCUT2D eigenvalue weighted by Gasteiger charge is -2.27. The van der Waals surface area contributed by atoms with Gasteiger partial charge in [-0.3, -0.25) is 0 Å². The highest BCUT2D eigenvalue weighted by atomic mass is 15.1. The Balaban J connectivity index is 3.72. The van der Waals surface area contributed by atoms with E-state index >= 15 is 0 Å². The van der Waals surface area contributed by atoms with Crippen molar-refractivity contribution in [3.05, 3.63) is 0 Å². The Morgan fingerprint density at radius 3 is 2.17 bits per heavy atom. The summed E-state index contributed by atoms with van der Waals surface area (Å²) in [7, 11) is 4.24. The lowest BCUT2D eigenvalue weighted by molar-refractivity contribution is 0.225. The van der Waals surface area contributed by atoms with Crippen LogP contribution in [0.1, 0.15) is 33.6 Å². The lowest BCUT2D eigenvalue weighted by Crippen LogP contribution is -2.40. The Morgan fingerprint density at radius 1 is 1.25 bits per heavy atom. The molecule has 0 spiro atoms. The smallest absolute Gasteiger partial charge is 0.0189 e. The molecule has 1 N–H and O–H groups in total. The van der Waals surface area contributed by atoms with Crippen molar-refractivity contribution in [2.75, 3.05) is 20.6 Å². The molecule has 0 bridgehead atoms. The lowest BCUT2D eigenvalue weighted by atomic mass is 10.1. The van der Waals surface area contributed by atoms with Crippen molar-refractivity contribution < 1.29 is 0 Å². The molecule has 0 rings (SSSR count). The summed E-state index contributed by atoms with van der Waals surface area (Å²) in [6.45, 7) is 7.90. The molecule has 0 amide bonds. The topological polar surface area (TPSA) is 15.3 Å². The van der Waals surface area contributed by atoms with Crippen LogP contribution < -0.4 is 5.32 Å². The minimum absolute atomic E-state index is 0.643. The number of hydrogen-bond acceptors (Lipinski definition) is 2. The normalized spacial score (nSPS) is 16.5. The zero-order chi connectivity index (χ0) is 9.56. The van der Waals surface area contributed by atoms with Crippen molar-refractivity contribution in [1.29, 1.82) is 0 Å². The summed E-state index contributed by atoms with van der Waals surface area (Å²) < 4.78 is 0. The van der Waals surface area contributed by atoms with Gasteiger partial charge in [0.25, 0.3) is 0 Å². The summed E-state index contributed by atoms with van der Waals surface area (Å²) in [6, 6.07) is 1.34. The van der Waals surface area contributed by atoms with Gasteiger partial charge in [0.2, 0.25) is 0 Å². The molecule has 74 valence electrons. The third-order valence-electron chi connectivity index (χ3n) is 2.75. The highest BCUT2D eigenvalue weighted by Gasteiger charge is 2.10. The molecule has 12 heavy (non-hydrogen) atoms. The average Bonchev–Trinajstić information content (AvgIpc) is 2.12. The van der Waals surface area contributed by atoms with Crippen molar-refractivity contribution in [1.82, 2.24) is 10.2 Å². The second-order valence-electron chi connectivity index (χ2n) is 3.59. The fourth-order valence-electron chi connectivity index (χ4n) is 1.26. The SMILES string of the molecule is CCC(CN(C)C(C)CC)NC. The van der Waals surface area contributed by atoms with Gasteiger partial charge in [-0.2, -0.15) is 0 Å². The van der Waals surface area contributed by atoms with E-state index in [1.165, 1.54) is 12.8 Å². The van der Waals surface area contributed by atoms with Crippen molar-refractivity contribution in [2.24, 2.45) is 0 Å². The first kappa shape index (κ1) is 11.9. The molecule has 0 radical (unpaired) electrons. The van der Waals surface area contributed by atoms with Gasteiger partial charge in [0.15, 0.2) is 0 Å². The van der Waals surface area contributed by atoms with E-state index in [2.05, 4.69) is 38.0 Å². The molecule has 0 aliphatic heterocycles. The molecular weight excluding hydrogens is 148 g/mol. The van der Waals surface area contributed by atoms with Crippen LogP contribution in [0.2, 0.25) is 0 Å². The number of hydrogen-bond donors (Lipinski definition) is 1. The quantitative estimate of drug-likeness (QED) is 0.656. The molecule has 2 heteroatoms. The molecule has 0 aromatic heterocycles. The summed E-state index contributed by atoms with van der Waals surface area (Å²) in [4.78, 5) is 2.42. The van der Waals surface area contributed by atoms with Crippen molar-refractivity contribution in [3.63, 3.8) is 0 Å². The predicted molar refractivity (Wildman–Crippen MR) is 55.5 cm³/mol. The van der Waals surface area contributed by atoms with Gasteiger partial charge in [-0.25, -0.2) is 0 Å². The maximum absolute atomic E-state index is 3.32. The second kappa shape index (κ2) is 6.44. The van der Waals surface area contributed by atoms with Gasteiger partial charge in [-0.05, 0) is 33.9 Å². The van der Waals surface area contributed by atoms with Crippen LogP contribution in [-0.4, -0.2) is 37.6 Å². The Kier molecular flexibility index (Phi) is 6.39. The van der Waals surface area contributed by atoms with Gasteiger partial charge < -0.3 is 10.2 Å². The van der Waals surface area contributed by atoms with E-state index in [0.717, 1.165) is 6.54 Å². The first-order valence-corrected chi connectivity index (χ1v) is 5.03. The molecule has 0 fully saturated rings. The van der Waals surface area contributed by atoms with Crippen LogP contribution in [-0.2, 0) is 0 Å². The van der Waals surface area contributed by atoms with Crippen molar-refractivity contribution in [2.45, 2.75) is 45.7 Å². The number of nitrogens with zero attached hydrogens (tertiary/aromatic N) is 1. The molecule has 0 aliphatic rings. The van der Waals surface area contributed by atoms with Gasteiger partial charge in [-0.1, -0.05) is 13.8 Å². The van der Waals surface area contributed by atoms with Crippen LogP contribution in [0.5, 0.6) is 0 Å². The summed E-state index contributed by atoms with van der Waals surface area (Å²) in [5.74, 6) is 0. The van der Waals surface area contributed by atoms with Gasteiger partial charge in [0.1, 0.15) is 0 Å². The molecule has 2 unspecified atom stereocenters. The molecule has 0 saturated heterocycles. The largest absolute Gasteiger partial charge is 0.316 e.